The normalized spacial score (nSPS) is 26.3. The maximum absolute atomic E-state index is 11.3. The van der Waals surface area contributed by atoms with Gasteiger partial charge < -0.3 is 9.47 Å². The molecule has 1 aliphatic heterocycles. The molecule has 2 rings (SSSR count). The molecule has 2 aliphatic rings. The van der Waals surface area contributed by atoms with Crippen LogP contribution in [0.5, 0.6) is 0 Å². The van der Waals surface area contributed by atoms with Crippen molar-refractivity contribution in [3.63, 3.8) is 0 Å². The van der Waals surface area contributed by atoms with Crippen LogP contribution in [-0.4, -0.2) is 36.7 Å². The molecule has 16 heavy (non-hydrogen) atoms. The standard InChI is InChI=1S/C11H16O4S/c1-14-9(12)6-11(3-4-11)7-16-8-2-5-15-10(8)13/h8H,2-7H2,1H3. The minimum atomic E-state index is -0.146. The molecule has 1 unspecified atom stereocenters. The molecule has 1 saturated heterocycles. The quantitative estimate of drug-likeness (QED) is 0.684. The van der Waals surface area contributed by atoms with Crippen LogP contribution in [0.2, 0.25) is 0 Å². The predicted octanol–water partition coefficient (Wildman–Crippen LogP) is 1.38. The van der Waals surface area contributed by atoms with Crippen LogP contribution in [0.4, 0.5) is 0 Å². The van der Waals surface area contributed by atoms with Crippen LogP contribution in [0.15, 0.2) is 0 Å². The summed E-state index contributed by atoms with van der Waals surface area (Å²) in [5.41, 5.74) is 0.0978. The van der Waals surface area contributed by atoms with Crippen molar-refractivity contribution >= 4 is 23.7 Å². The summed E-state index contributed by atoms with van der Waals surface area (Å²) in [6.45, 7) is 0.542. The Morgan fingerprint density at radius 3 is 2.88 bits per heavy atom. The first-order valence-corrected chi connectivity index (χ1v) is 6.55. The van der Waals surface area contributed by atoms with Crippen LogP contribution >= 0.6 is 11.8 Å². The van der Waals surface area contributed by atoms with Crippen LogP contribution in [0.1, 0.15) is 25.7 Å². The molecule has 0 aromatic heterocycles. The van der Waals surface area contributed by atoms with E-state index >= 15 is 0 Å². The highest BCUT2D eigenvalue weighted by molar-refractivity contribution is 8.00. The van der Waals surface area contributed by atoms with Crippen molar-refractivity contribution in [2.24, 2.45) is 5.41 Å². The lowest BCUT2D eigenvalue weighted by molar-refractivity contribution is -0.141. The van der Waals surface area contributed by atoms with Gasteiger partial charge >= 0.3 is 11.9 Å². The number of rotatable bonds is 5. The second-order valence-corrected chi connectivity index (χ2v) is 5.70. The van der Waals surface area contributed by atoms with Crippen molar-refractivity contribution in [1.82, 2.24) is 0 Å². The Hall–Kier alpha value is -0.710. The fourth-order valence-corrected chi connectivity index (χ4v) is 3.25. The fraction of sp³-hybridized carbons (Fsp3) is 0.818. The highest BCUT2D eigenvalue weighted by Crippen LogP contribution is 2.52. The molecule has 90 valence electrons. The number of ether oxygens (including phenoxy) is 2. The Bertz CT molecular complexity index is 298. The minimum Gasteiger partial charge on any atom is -0.469 e. The van der Waals surface area contributed by atoms with E-state index < -0.39 is 0 Å². The number of esters is 2. The molecule has 0 amide bonds. The Kier molecular flexibility index (Phi) is 3.42. The van der Waals surface area contributed by atoms with Crippen molar-refractivity contribution in [3.8, 4) is 0 Å². The highest BCUT2D eigenvalue weighted by atomic mass is 32.2. The van der Waals surface area contributed by atoms with E-state index in [-0.39, 0.29) is 22.6 Å². The molecule has 0 spiro atoms. The Balaban J connectivity index is 1.76. The largest absolute Gasteiger partial charge is 0.469 e. The van der Waals surface area contributed by atoms with Crippen molar-refractivity contribution in [2.75, 3.05) is 19.5 Å². The predicted molar refractivity (Wildman–Crippen MR) is 60.1 cm³/mol. The van der Waals surface area contributed by atoms with Gasteiger partial charge in [-0.3, -0.25) is 9.59 Å². The van der Waals surface area contributed by atoms with Gasteiger partial charge in [0.15, 0.2) is 0 Å². The van der Waals surface area contributed by atoms with E-state index in [9.17, 15) is 9.59 Å². The Morgan fingerprint density at radius 1 is 1.62 bits per heavy atom. The van der Waals surface area contributed by atoms with Gasteiger partial charge in [-0.15, -0.1) is 11.8 Å². The highest BCUT2D eigenvalue weighted by Gasteiger charge is 2.45. The molecular weight excluding hydrogens is 228 g/mol. The van der Waals surface area contributed by atoms with E-state index in [4.69, 9.17) is 4.74 Å². The third-order valence-electron chi connectivity index (χ3n) is 3.18. The van der Waals surface area contributed by atoms with Gasteiger partial charge in [0.2, 0.25) is 0 Å². The average Bonchev–Trinajstić information content (AvgIpc) is 2.91. The molecule has 1 saturated carbocycles. The van der Waals surface area contributed by atoms with Gasteiger partial charge in [0, 0.05) is 12.2 Å². The lowest BCUT2D eigenvalue weighted by Gasteiger charge is -2.14. The maximum Gasteiger partial charge on any atom is 0.319 e. The number of carbonyl (C=O) groups excluding carboxylic acids is 2. The molecule has 2 fully saturated rings. The van der Waals surface area contributed by atoms with Crippen molar-refractivity contribution in [1.29, 1.82) is 0 Å². The molecule has 1 aliphatic carbocycles. The van der Waals surface area contributed by atoms with Crippen LogP contribution < -0.4 is 0 Å². The van der Waals surface area contributed by atoms with Crippen molar-refractivity contribution < 1.29 is 19.1 Å². The second-order valence-electron chi connectivity index (χ2n) is 4.51. The Morgan fingerprint density at radius 2 is 2.38 bits per heavy atom. The van der Waals surface area contributed by atoms with Crippen LogP contribution in [0, 0.1) is 5.41 Å². The van der Waals surface area contributed by atoms with E-state index in [0.29, 0.717) is 13.0 Å². The molecule has 0 aromatic rings. The van der Waals surface area contributed by atoms with E-state index in [2.05, 4.69) is 4.74 Å². The minimum absolute atomic E-state index is 0.0184. The first-order chi connectivity index (χ1) is 7.65. The summed E-state index contributed by atoms with van der Waals surface area (Å²) in [5, 5.41) is -0.0184. The topological polar surface area (TPSA) is 52.6 Å². The molecule has 0 aromatic carbocycles. The summed E-state index contributed by atoms with van der Waals surface area (Å²) in [6, 6.07) is 0. The first kappa shape index (κ1) is 11.8. The van der Waals surface area contributed by atoms with Gasteiger partial charge in [0.25, 0.3) is 0 Å². The summed E-state index contributed by atoms with van der Waals surface area (Å²) in [4.78, 5) is 22.5. The first-order valence-electron chi connectivity index (χ1n) is 5.50. The molecule has 0 radical (unpaired) electrons. The number of thioether (sulfide) groups is 1. The van der Waals surface area contributed by atoms with Gasteiger partial charge in [-0.1, -0.05) is 0 Å². The summed E-state index contributed by atoms with van der Waals surface area (Å²) < 4.78 is 9.58. The SMILES string of the molecule is COC(=O)CC1(CSC2CCOC2=O)CC1. The molecule has 1 heterocycles. The van der Waals surface area contributed by atoms with Crippen LogP contribution in [-0.2, 0) is 19.1 Å². The van der Waals surface area contributed by atoms with Gasteiger partial charge in [0.1, 0.15) is 5.25 Å². The molecule has 0 bridgehead atoms. The van der Waals surface area contributed by atoms with E-state index in [1.54, 1.807) is 11.8 Å². The monoisotopic (exact) mass is 244 g/mol. The fourth-order valence-electron chi connectivity index (χ4n) is 1.83. The second kappa shape index (κ2) is 4.65. The molecule has 0 N–H and O–H groups in total. The molecule has 4 nitrogen and oxygen atoms in total. The summed E-state index contributed by atoms with van der Waals surface area (Å²) >= 11 is 1.63. The Labute approximate surface area is 99.1 Å². The van der Waals surface area contributed by atoms with Crippen molar-refractivity contribution in [3.05, 3.63) is 0 Å². The number of carbonyl (C=O) groups is 2. The number of hydrogen-bond donors (Lipinski definition) is 0. The number of hydrogen-bond acceptors (Lipinski definition) is 5. The number of methoxy groups -OCH3 is 1. The molecule has 1 atom stereocenters. The molecule has 5 heteroatoms. The van der Waals surface area contributed by atoms with Gasteiger partial charge in [-0.05, 0) is 18.3 Å². The zero-order chi connectivity index (χ0) is 11.6. The van der Waals surface area contributed by atoms with Crippen molar-refractivity contribution in [2.45, 2.75) is 30.9 Å². The summed E-state index contributed by atoms with van der Waals surface area (Å²) in [5.74, 6) is 0.618. The van der Waals surface area contributed by atoms with Gasteiger partial charge in [-0.25, -0.2) is 0 Å². The van der Waals surface area contributed by atoms with E-state index in [0.717, 1.165) is 25.0 Å². The zero-order valence-electron chi connectivity index (χ0n) is 9.36. The van der Waals surface area contributed by atoms with Gasteiger partial charge in [0.05, 0.1) is 20.1 Å². The van der Waals surface area contributed by atoms with Gasteiger partial charge in [-0.2, -0.15) is 0 Å². The van der Waals surface area contributed by atoms with Crippen LogP contribution in [0.3, 0.4) is 0 Å². The lowest BCUT2D eigenvalue weighted by atomic mass is 10.1. The summed E-state index contributed by atoms with van der Waals surface area (Å²) in [6.07, 6.45) is 3.42. The number of cyclic esters (lactones) is 1. The average molecular weight is 244 g/mol. The lowest BCUT2D eigenvalue weighted by Crippen LogP contribution is -2.17. The maximum atomic E-state index is 11.3. The third-order valence-corrected chi connectivity index (χ3v) is 4.79. The zero-order valence-corrected chi connectivity index (χ0v) is 10.2. The van der Waals surface area contributed by atoms with Crippen LogP contribution in [0.25, 0.3) is 0 Å². The molecular formula is C11H16O4S. The van der Waals surface area contributed by atoms with E-state index in [1.165, 1.54) is 7.11 Å². The van der Waals surface area contributed by atoms with E-state index in [1.807, 2.05) is 0 Å². The third kappa shape index (κ3) is 2.70. The smallest absolute Gasteiger partial charge is 0.319 e. The summed E-state index contributed by atoms with van der Waals surface area (Å²) in [7, 11) is 1.42.